The average molecular weight is 183 g/mol. The first-order valence-electron chi connectivity index (χ1n) is 5.00. The Hall–Kier alpha value is -0.590. The maximum atomic E-state index is 8.25. The zero-order valence-electron chi connectivity index (χ0n) is 8.00. The van der Waals surface area contributed by atoms with E-state index < -0.39 is 0 Å². The summed E-state index contributed by atoms with van der Waals surface area (Å²) < 4.78 is 10.7. The van der Waals surface area contributed by atoms with Crippen molar-refractivity contribution in [2.45, 2.75) is 38.2 Å². The summed E-state index contributed by atoms with van der Waals surface area (Å²) in [5.74, 6) is 0. The molecule has 1 aliphatic rings. The summed E-state index contributed by atoms with van der Waals surface area (Å²) >= 11 is 0. The highest BCUT2D eigenvalue weighted by atomic mass is 16.5. The molecule has 0 saturated carbocycles. The zero-order chi connectivity index (χ0) is 9.36. The van der Waals surface area contributed by atoms with Crippen LogP contribution in [0.2, 0.25) is 0 Å². The summed E-state index contributed by atoms with van der Waals surface area (Å²) in [4.78, 5) is 0. The number of rotatable bonds is 6. The Labute approximate surface area is 79.6 Å². The van der Waals surface area contributed by atoms with Gasteiger partial charge in [-0.05, 0) is 25.7 Å². The molecule has 1 heterocycles. The van der Waals surface area contributed by atoms with Gasteiger partial charge in [-0.1, -0.05) is 0 Å². The molecule has 3 nitrogen and oxygen atoms in total. The fourth-order valence-corrected chi connectivity index (χ4v) is 1.50. The first-order chi connectivity index (χ1) is 6.43. The zero-order valence-corrected chi connectivity index (χ0v) is 8.00. The van der Waals surface area contributed by atoms with Crippen LogP contribution in [-0.4, -0.2) is 25.9 Å². The fourth-order valence-electron chi connectivity index (χ4n) is 1.50. The van der Waals surface area contributed by atoms with Crippen LogP contribution in [0.15, 0.2) is 0 Å². The fraction of sp³-hybridized carbons (Fsp3) is 0.900. The molecule has 0 aliphatic carbocycles. The van der Waals surface area contributed by atoms with Gasteiger partial charge >= 0.3 is 0 Å². The van der Waals surface area contributed by atoms with E-state index in [-0.39, 0.29) is 0 Å². The molecule has 0 aromatic rings. The molecule has 1 saturated heterocycles. The molecule has 13 heavy (non-hydrogen) atoms. The van der Waals surface area contributed by atoms with E-state index in [0.717, 1.165) is 26.1 Å². The number of ether oxygens (including phenoxy) is 2. The Kier molecular flexibility index (Phi) is 5.55. The highest BCUT2D eigenvalue weighted by Gasteiger charge is 2.14. The summed E-state index contributed by atoms with van der Waals surface area (Å²) in [7, 11) is 0. The predicted octanol–water partition coefficient (Wildman–Crippen LogP) is 1.88. The van der Waals surface area contributed by atoms with Crippen molar-refractivity contribution >= 4 is 0 Å². The molecule has 1 rings (SSSR count). The molecule has 0 radical (unpaired) electrons. The largest absolute Gasteiger partial charge is 0.380 e. The van der Waals surface area contributed by atoms with E-state index in [1.54, 1.807) is 0 Å². The standard InChI is InChI=1S/C10H17NO2/c11-6-3-8-12-7-1-4-10-5-2-9-13-10/h10H,1-5,7-9H2. The molecule has 0 spiro atoms. The normalized spacial score (nSPS) is 21.6. The molecular weight excluding hydrogens is 166 g/mol. The average Bonchev–Trinajstić information content (AvgIpc) is 2.63. The lowest BCUT2D eigenvalue weighted by Gasteiger charge is -2.08. The minimum Gasteiger partial charge on any atom is -0.380 e. The van der Waals surface area contributed by atoms with Gasteiger partial charge < -0.3 is 9.47 Å². The molecule has 74 valence electrons. The number of hydrogen-bond acceptors (Lipinski definition) is 3. The van der Waals surface area contributed by atoms with Crippen LogP contribution in [0.25, 0.3) is 0 Å². The Morgan fingerprint density at radius 3 is 3.08 bits per heavy atom. The van der Waals surface area contributed by atoms with E-state index in [2.05, 4.69) is 6.07 Å². The summed E-state index contributed by atoms with van der Waals surface area (Å²) in [6, 6.07) is 2.05. The van der Waals surface area contributed by atoms with Crippen LogP contribution >= 0.6 is 0 Å². The van der Waals surface area contributed by atoms with Gasteiger partial charge in [0, 0.05) is 13.2 Å². The first kappa shape index (κ1) is 10.5. The second-order valence-corrected chi connectivity index (χ2v) is 3.30. The van der Waals surface area contributed by atoms with Crippen LogP contribution < -0.4 is 0 Å². The number of nitrogens with zero attached hydrogens (tertiary/aromatic N) is 1. The van der Waals surface area contributed by atoms with Crippen molar-refractivity contribution in [3.05, 3.63) is 0 Å². The minimum absolute atomic E-state index is 0.472. The summed E-state index contributed by atoms with van der Waals surface area (Å²) in [6.45, 7) is 2.27. The smallest absolute Gasteiger partial charge is 0.0645 e. The SMILES string of the molecule is N#CCCOCCCC1CCCO1. The third-order valence-corrected chi connectivity index (χ3v) is 2.20. The monoisotopic (exact) mass is 183 g/mol. The van der Waals surface area contributed by atoms with Gasteiger partial charge in [-0.2, -0.15) is 5.26 Å². The van der Waals surface area contributed by atoms with Crippen LogP contribution in [0.5, 0.6) is 0 Å². The summed E-state index contributed by atoms with van der Waals surface area (Å²) in [6.07, 6.45) is 5.54. The van der Waals surface area contributed by atoms with E-state index in [0.29, 0.717) is 19.1 Å². The molecule has 0 amide bonds. The van der Waals surface area contributed by atoms with E-state index in [4.69, 9.17) is 14.7 Å². The molecule has 1 fully saturated rings. The second-order valence-electron chi connectivity index (χ2n) is 3.30. The lowest BCUT2D eigenvalue weighted by Crippen LogP contribution is -2.06. The highest BCUT2D eigenvalue weighted by molar-refractivity contribution is 4.67. The number of hydrogen-bond donors (Lipinski definition) is 0. The van der Waals surface area contributed by atoms with E-state index in [1.807, 2.05) is 0 Å². The van der Waals surface area contributed by atoms with Crippen LogP contribution in [0, 0.1) is 11.3 Å². The van der Waals surface area contributed by atoms with Gasteiger partial charge in [0.05, 0.1) is 25.2 Å². The van der Waals surface area contributed by atoms with Crippen LogP contribution in [0.1, 0.15) is 32.1 Å². The van der Waals surface area contributed by atoms with Crippen LogP contribution in [0.3, 0.4) is 0 Å². The molecule has 0 bridgehead atoms. The molecule has 0 aromatic carbocycles. The van der Waals surface area contributed by atoms with Gasteiger partial charge in [0.2, 0.25) is 0 Å². The quantitative estimate of drug-likeness (QED) is 0.590. The Morgan fingerprint density at radius 1 is 1.46 bits per heavy atom. The van der Waals surface area contributed by atoms with E-state index >= 15 is 0 Å². The molecular formula is C10H17NO2. The van der Waals surface area contributed by atoms with Crippen molar-refractivity contribution in [3.8, 4) is 6.07 Å². The summed E-state index contributed by atoms with van der Waals surface area (Å²) in [5.41, 5.74) is 0. The van der Waals surface area contributed by atoms with Crippen LogP contribution in [-0.2, 0) is 9.47 Å². The molecule has 3 heteroatoms. The third kappa shape index (κ3) is 4.87. The first-order valence-corrected chi connectivity index (χ1v) is 5.00. The Morgan fingerprint density at radius 2 is 2.38 bits per heavy atom. The van der Waals surface area contributed by atoms with Crippen molar-refractivity contribution in [3.63, 3.8) is 0 Å². The lowest BCUT2D eigenvalue weighted by molar-refractivity contribution is 0.0832. The van der Waals surface area contributed by atoms with Gasteiger partial charge in [-0.15, -0.1) is 0 Å². The second kappa shape index (κ2) is 6.88. The van der Waals surface area contributed by atoms with Crippen LogP contribution in [0.4, 0.5) is 0 Å². The van der Waals surface area contributed by atoms with Crippen molar-refractivity contribution in [2.24, 2.45) is 0 Å². The van der Waals surface area contributed by atoms with E-state index in [9.17, 15) is 0 Å². The Bertz CT molecular complexity index is 159. The van der Waals surface area contributed by atoms with Gasteiger partial charge in [0.15, 0.2) is 0 Å². The van der Waals surface area contributed by atoms with Crippen molar-refractivity contribution in [1.29, 1.82) is 5.26 Å². The van der Waals surface area contributed by atoms with Gasteiger partial charge in [0.1, 0.15) is 0 Å². The van der Waals surface area contributed by atoms with Gasteiger partial charge in [0.25, 0.3) is 0 Å². The molecule has 0 N–H and O–H groups in total. The maximum absolute atomic E-state index is 8.25. The molecule has 1 aliphatic heterocycles. The van der Waals surface area contributed by atoms with Crippen molar-refractivity contribution in [1.82, 2.24) is 0 Å². The maximum Gasteiger partial charge on any atom is 0.0645 e. The predicted molar refractivity (Wildman–Crippen MR) is 49.3 cm³/mol. The Balaban J connectivity index is 1.81. The highest BCUT2D eigenvalue weighted by Crippen LogP contribution is 2.16. The summed E-state index contributed by atoms with van der Waals surface area (Å²) in [5, 5.41) is 8.25. The van der Waals surface area contributed by atoms with Gasteiger partial charge in [-0.3, -0.25) is 0 Å². The molecule has 0 aromatic heterocycles. The topological polar surface area (TPSA) is 42.2 Å². The number of nitriles is 1. The molecule has 1 unspecified atom stereocenters. The minimum atomic E-state index is 0.472. The van der Waals surface area contributed by atoms with Crippen molar-refractivity contribution in [2.75, 3.05) is 19.8 Å². The molecule has 1 atom stereocenters. The third-order valence-electron chi connectivity index (χ3n) is 2.20. The van der Waals surface area contributed by atoms with Crippen molar-refractivity contribution < 1.29 is 9.47 Å². The van der Waals surface area contributed by atoms with Gasteiger partial charge in [-0.25, -0.2) is 0 Å². The lowest BCUT2D eigenvalue weighted by atomic mass is 10.1. The van der Waals surface area contributed by atoms with E-state index in [1.165, 1.54) is 12.8 Å².